The molecule has 4 aromatic rings. The minimum atomic E-state index is -3.79. The van der Waals surface area contributed by atoms with Gasteiger partial charge in [-0.25, -0.2) is 23.1 Å². The van der Waals surface area contributed by atoms with Crippen LogP contribution in [0.2, 0.25) is 0 Å². The van der Waals surface area contributed by atoms with Gasteiger partial charge in [-0.2, -0.15) is 0 Å². The standard InChI is InChI=1S/C21H19N5O4S/c1-22-31(28,29)19-12-15(6-9-18(19)30-2)20(27)24-16-7-4-14(5-8-16)17-13-26-11-3-10-23-21(26)25-17/h3-13,22H,1-2H3,(H,24,27). The Labute approximate surface area is 178 Å². The number of amides is 1. The van der Waals surface area contributed by atoms with Crippen molar-refractivity contribution in [2.24, 2.45) is 0 Å². The number of carbonyl (C=O) groups is 1. The van der Waals surface area contributed by atoms with Crippen molar-refractivity contribution in [2.75, 3.05) is 19.5 Å². The van der Waals surface area contributed by atoms with E-state index in [1.165, 1.54) is 32.4 Å². The first kappa shape index (κ1) is 20.5. The number of sulfonamides is 1. The Morgan fingerprint density at radius 3 is 2.58 bits per heavy atom. The van der Waals surface area contributed by atoms with Gasteiger partial charge in [-0.15, -0.1) is 0 Å². The number of imidazole rings is 1. The van der Waals surface area contributed by atoms with Gasteiger partial charge in [0.15, 0.2) is 0 Å². The van der Waals surface area contributed by atoms with Crippen LogP contribution in [0.25, 0.3) is 17.0 Å². The summed E-state index contributed by atoms with van der Waals surface area (Å²) in [6.45, 7) is 0. The number of fused-ring (bicyclic) bond motifs is 1. The number of hydrogen-bond donors (Lipinski definition) is 2. The molecule has 1 amide bonds. The smallest absolute Gasteiger partial charge is 0.255 e. The Kier molecular flexibility index (Phi) is 5.40. The molecule has 0 bridgehead atoms. The summed E-state index contributed by atoms with van der Waals surface area (Å²) < 4.78 is 33.6. The van der Waals surface area contributed by atoms with Crippen molar-refractivity contribution in [3.63, 3.8) is 0 Å². The van der Waals surface area contributed by atoms with Crippen LogP contribution in [0.5, 0.6) is 5.75 Å². The zero-order valence-electron chi connectivity index (χ0n) is 16.7. The van der Waals surface area contributed by atoms with Gasteiger partial charge in [-0.05, 0) is 43.4 Å². The minimum Gasteiger partial charge on any atom is -0.495 e. The molecule has 158 valence electrons. The molecule has 0 aliphatic rings. The molecule has 0 saturated carbocycles. The first-order chi connectivity index (χ1) is 14.9. The number of anilines is 1. The summed E-state index contributed by atoms with van der Waals surface area (Å²) in [5.41, 5.74) is 2.37. The van der Waals surface area contributed by atoms with E-state index in [4.69, 9.17) is 4.74 Å². The first-order valence-corrected chi connectivity index (χ1v) is 10.7. The fourth-order valence-corrected chi connectivity index (χ4v) is 3.95. The van der Waals surface area contributed by atoms with Gasteiger partial charge in [0.1, 0.15) is 10.6 Å². The predicted molar refractivity (Wildman–Crippen MR) is 116 cm³/mol. The van der Waals surface area contributed by atoms with Gasteiger partial charge in [0, 0.05) is 35.4 Å². The van der Waals surface area contributed by atoms with Crippen molar-refractivity contribution < 1.29 is 17.9 Å². The highest BCUT2D eigenvalue weighted by Gasteiger charge is 2.20. The van der Waals surface area contributed by atoms with Crippen molar-refractivity contribution in [1.82, 2.24) is 19.1 Å². The second-order valence-electron chi connectivity index (χ2n) is 6.56. The van der Waals surface area contributed by atoms with Crippen LogP contribution in [-0.4, -0.2) is 42.9 Å². The highest BCUT2D eigenvalue weighted by atomic mass is 32.2. The molecule has 0 unspecified atom stereocenters. The Bertz CT molecular complexity index is 1330. The summed E-state index contributed by atoms with van der Waals surface area (Å²) >= 11 is 0. The van der Waals surface area contributed by atoms with Crippen molar-refractivity contribution in [1.29, 1.82) is 0 Å². The second kappa shape index (κ2) is 8.17. The van der Waals surface area contributed by atoms with Gasteiger partial charge in [-0.1, -0.05) is 12.1 Å². The molecular weight excluding hydrogens is 418 g/mol. The SMILES string of the molecule is CNS(=O)(=O)c1cc(C(=O)Nc2ccc(-c3cn4cccnc4n3)cc2)ccc1OC. The van der Waals surface area contributed by atoms with Crippen LogP contribution in [0.15, 0.2) is 72.0 Å². The van der Waals surface area contributed by atoms with Gasteiger partial charge < -0.3 is 10.1 Å². The fourth-order valence-electron chi connectivity index (χ4n) is 3.03. The number of nitrogens with one attached hydrogen (secondary N) is 2. The molecular formula is C21H19N5O4S. The molecule has 0 saturated heterocycles. The maximum absolute atomic E-state index is 12.7. The molecule has 10 heteroatoms. The first-order valence-electron chi connectivity index (χ1n) is 9.24. The van der Waals surface area contributed by atoms with Crippen LogP contribution >= 0.6 is 0 Å². The number of benzene rings is 2. The average molecular weight is 437 g/mol. The van der Waals surface area contributed by atoms with Crippen LogP contribution in [-0.2, 0) is 10.0 Å². The van der Waals surface area contributed by atoms with E-state index in [1.54, 1.807) is 18.3 Å². The molecule has 0 radical (unpaired) electrons. The monoisotopic (exact) mass is 437 g/mol. The Hall–Kier alpha value is -3.76. The van der Waals surface area contributed by atoms with Crippen LogP contribution in [0, 0.1) is 0 Å². The fraction of sp³-hybridized carbons (Fsp3) is 0.0952. The van der Waals surface area contributed by atoms with E-state index in [9.17, 15) is 13.2 Å². The maximum Gasteiger partial charge on any atom is 0.255 e. The minimum absolute atomic E-state index is 0.110. The third-order valence-electron chi connectivity index (χ3n) is 4.66. The molecule has 2 heterocycles. The molecule has 0 atom stereocenters. The number of carbonyl (C=O) groups excluding carboxylic acids is 1. The van der Waals surface area contributed by atoms with Crippen LogP contribution in [0.1, 0.15) is 10.4 Å². The summed E-state index contributed by atoms with van der Waals surface area (Å²) in [5.74, 6) is 0.304. The third-order valence-corrected chi connectivity index (χ3v) is 6.09. The van der Waals surface area contributed by atoms with Crippen molar-refractivity contribution in [3.8, 4) is 17.0 Å². The molecule has 0 fully saturated rings. The summed E-state index contributed by atoms with van der Waals surface area (Å²) in [6.07, 6.45) is 5.42. The molecule has 0 aliphatic carbocycles. The molecule has 2 aromatic heterocycles. The highest BCUT2D eigenvalue weighted by molar-refractivity contribution is 7.89. The lowest BCUT2D eigenvalue weighted by atomic mass is 10.1. The van der Waals surface area contributed by atoms with Gasteiger partial charge in [-0.3, -0.25) is 9.20 Å². The summed E-state index contributed by atoms with van der Waals surface area (Å²) in [7, 11) is -1.13. The Morgan fingerprint density at radius 1 is 1.13 bits per heavy atom. The number of aromatic nitrogens is 3. The molecule has 9 nitrogen and oxygen atoms in total. The quantitative estimate of drug-likeness (QED) is 0.479. The average Bonchev–Trinajstić information content (AvgIpc) is 3.23. The number of rotatable bonds is 6. The largest absolute Gasteiger partial charge is 0.495 e. The van der Waals surface area contributed by atoms with Crippen LogP contribution in [0.4, 0.5) is 5.69 Å². The topological polar surface area (TPSA) is 115 Å². The van der Waals surface area contributed by atoms with Crippen LogP contribution < -0.4 is 14.8 Å². The molecule has 2 N–H and O–H groups in total. The number of nitrogens with zero attached hydrogens (tertiary/aromatic N) is 3. The zero-order chi connectivity index (χ0) is 22.0. The Balaban J connectivity index is 1.55. The van der Waals surface area contributed by atoms with Crippen molar-refractivity contribution in [3.05, 3.63) is 72.7 Å². The van der Waals surface area contributed by atoms with Gasteiger partial charge in [0.25, 0.3) is 5.91 Å². The predicted octanol–water partition coefficient (Wildman–Crippen LogP) is 2.57. The van der Waals surface area contributed by atoms with Crippen molar-refractivity contribution in [2.45, 2.75) is 4.90 Å². The van der Waals surface area contributed by atoms with Gasteiger partial charge in [0.05, 0.1) is 12.8 Å². The highest BCUT2D eigenvalue weighted by Crippen LogP contribution is 2.26. The summed E-state index contributed by atoms with van der Waals surface area (Å²) in [5, 5.41) is 2.76. The number of hydrogen-bond acceptors (Lipinski definition) is 6. The van der Waals surface area contributed by atoms with E-state index in [0.29, 0.717) is 11.5 Å². The lowest BCUT2D eigenvalue weighted by Gasteiger charge is -2.11. The van der Waals surface area contributed by atoms with Crippen LogP contribution in [0.3, 0.4) is 0 Å². The molecule has 2 aromatic carbocycles. The molecule has 31 heavy (non-hydrogen) atoms. The number of ether oxygens (including phenoxy) is 1. The van der Waals surface area contributed by atoms with E-state index in [-0.39, 0.29) is 16.2 Å². The van der Waals surface area contributed by atoms with E-state index < -0.39 is 15.9 Å². The van der Waals surface area contributed by atoms with Crippen molar-refractivity contribution >= 4 is 27.4 Å². The third kappa shape index (κ3) is 4.11. The lowest BCUT2D eigenvalue weighted by molar-refractivity contribution is 0.102. The lowest BCUT2D eigenvalue weighted by Crippen LogP contribution is -2.20. The van der Waals surface area contributed by atoms with E-state index in [2.05, 4.69) is 20.0 Å². The van der Waals surface area contributed by atoms with Gasteiger partial charge in [0.2, 0.25) is 15.8 Å². The summed E-state index contributed by atoms with van der Waals surface area (Å²) in [4.78, 5) is 21.2. The van der Waals surface area contributed by atoms with E-state index in [0.717, 1.165) is 11.3 Å². The molecule has 4 rings (SSSR count). The van der Waals surface area contributed by atoms with E-state index >= 15 is 0 Å². The zero-order valence-corrected chi connectivity index (χ0v) is 17.6. The summed E-state index contributed by atoms with van der Waals surface area (Å²) in [6, 6.07) is 13.2. The maximum atomic E-state index is 12.7. The van der Waals surface area contributed by atoms with Gasteiger partial charge >= 0.3 is 0 Å². The molecule has 0 spiro atoms. The normalized spacial score (nSPS) is 11.4. The van der Waals surface area contributed by atoms with E-state index in [1.807, 2.05) is 35.0 Å². The molecule has 0 aliphatic heterocycles. The second-order valence-corrected chi connectivity index (χ2v) is 8.41. The number of methoxy groups -OCH3 is 1. The Morgan fingerprint density at radius 2 is 1.90 bits per heavy atom.